The molecule has 1 saturated carbocycles. The lowest BCUT2D eigenvalue weighted by atomic mass is 9.88. The van der Waals surface area contributed by atoms with Crippen molar-refractivity contribution in [1.82, 2.24) is 0 Å². The van der Waals surface area contributed by atoms with Gasteiger partial charge in [-0.05, 0) is 48.1 Å². The summed E-state index contributed by atoms with van der Waals surface area (Å²) < 4.78 is 0. The first-order valence-electron chi connectivity index (χ1n) is 7.22. The molecule has 0 aromatic heterocycles. The van der Waals surface area contributed by atoms with Gasteiger partial charge in [0.25, 0.3) is 0 Å². The van der Waals surface area contributed by atoms with E-state index < -0.39 is 0 Å². The number of hydrogen-bond acceptors (Lipinski definition) is 0. The molecule has 19 heavy (non-hydrogen) atoms. The Bertz CT molecular complexity index is 430. The van der Waals surface area contributed by atoms with Gasteiger partial charge in [-0.2, -0.15) is 0 Å². The predicted octanol–water partition coefficient (Wildman–Crippen LogP) is 5.84. The van der Waals surface area contributed by atoms with E-state index in [2.05, 4.69) is 71.9 Å². The Morgan fingerprint density at radius 2 is 2.00 bits per heavy atom. The molecule has 1 heteroatoms. The highest BCUT2D eigenvalue weighted by atomic mass is 79.9. The van der Waals surface area contributed by atoms with Gasteiger partial charge in [-0.1, -0.05) is 65.3 Å². The topological polar surface area (TPSA) is 0 Å². The maximum absolute atomic E-state index is 4.04. The minimum absolute atomic E-state index is 0.626. The summed E-state index contributed by atoms with van der Waals surface area (Å²) in [5.41, 5.74) is 2.82. The van der Waals surface area contributed by atoms with Crippen molar-refractivity contribution >= 4 is 15.9 Å². The molecule has 1 aromatic carbocycles. The number of alkyl halides is 1. The highest BCUT2D eigenvalue weighted by Crippen LogP contribution is 2.44. The van der Waals surface area contributed by atoms with Crippen LogP contribution in [0.1, 0.15) is 43.2 Å². The van der Waals surface area contributed by atoms with Gasteiger partial charge in [0.15, 0.2) is 0 Å². The van der Waals surface area contributed by atoms with Crippen LogP contribution in [0.5, 0.6) is 0 Å². The minimum Gasteiger partial charge on any atom is -0.103 e. The number of allylic oxidation sites excluding steroid dienone is 3. The van der Waals surface area contributed by atoms with Crippen LogP contribution >= 0.6 is 15.9 Å². The van der Waals surface area contributed by atoms with Crippen LogP contribution in [0.25, 0.3) is 0 Å². The lowest BCUT2D eigenvalue weighted by Gasteiger charge is -2.16. The van der Waals surface area contributed by atoms with Gasteiger partial charge in [0, 0.05) is 5.33 Å². The van der Waals surface area contributed by atoms with E-state index in [1.165, 1.54) is 24.0 Å². The largest absolute Gasteiger partial charge is 0.103 e. The van der Waals surface area contributed by atoms with Gasteiger partial charge >= 0.3 is 0 Å². The van der Waals surface area contributed by atoms with Crippen LogP contribution in [0.15, 0.2) is 49.1 Å². The monoisotopic (exact) mass is 318 g/mol. The van der Waals surface area contributed by atoms with Gasteiger partial charge in [0.2, 0.25) is 0 Å². The third-order valence-corrected chi connectivity index (χ3v) is 4.80. The fraction of sp³-hybridized carbons (Fsp3) is 0.444. The zero-order valence-electron chi connectivity index (χ0n) is 11.7. The van der Waals surface area contributed by atoms with Gasteiger partial charge in [-0.3, -0.25) is 0 Å². The fourth-order valence-corrected chi connectivity index (χ4v) is 3.47. The van der Waals surface area contributed by atoms with Crippen LogP contribution in [0, 0.1) is 11.8 Å². The Kier molecular flexibility index (Phi) is 5.45. The third kappa shape index (κ3) is 3.60. The molecule has 0 bridgehead atoms. The van der Waals surface area contributed by atoms with Crippen LogP contribution in [-0.4, -0.2) is 0 Å². The SMILES string of the molecule is C=C[C@@H]1CC(/C=C/CC)CC1c1ccc(CBr)cc1. The first-order valence-corrected chi connectivity index (χ1v) is 8.34. The summed E-state index contributed by atoms with van der Waals surface area (Å²) in [6.45, 7) is 6.24. The van der Waals surface area contributed by atoms with Crippen molar-refractivity contribution in [3.05, 3.63) is 60.2 Å². The van der Waals surface area contributed by atoms with Crippen LogP contribution in [0.3, 0.4) is 0 Å². The molecule has 0 amide bonds. The Labute approximate surface area is 125 Å². The summed E-state index contributed by atoms with van der Waals surface area (Å²) >= 11 is 3.50. The van der Waals surface area contributed by atoms with Crippen LogP contribution in [0.2, 0.25) is 0 Å². The Balaban J connectivity index is 2.12. The zero-order valence-corrected chi connectivity index (χ0v) is 13.3. The number of rotatable bonds is 5. The average Bonchev–Trinajstić information content (AvgIpc) is 2.88. The molecule has 1 fully saturated rings. The molecule has 102 valence electrons. The van der Waals surface area contributed by atoms with Gasteiger partial charge in [-0.15, -0.1) is 6.58 Å². The number of hydrogen-bond donors (Lipinski definition) is 0. The van der Waals surface area contributed by atoms with Crippen molar-refractivity contribution < 1.29 is 0 Å². The molecule has 0 spiro atoms. The molecule has 0 radical (unpaired) electrons. The molecule has 0 aliphatic heterocycles. The number of benzene rings is 1. The van der Waals surface area contributed by atoms with Gasteiger partial charge in [-0.25, -0.2) is 0 Å². The predicted molar refractivity (Wildman–Crippen MR) is 87.7 cm³/mol. The normalized spacial score (nSPS) is 26.9. The quantitative estimate of drug-likeness (QED) is 0.472. The second-order valence-electron chi connectivity index (χ2n) is 5.45. The smallest absolute Gasteiger partial charge is 0.0283 e. The van der Waals surface area contributed by atoms with E-state index >= 15 is 0 Å². The molecule has 3 atom stereocenters. The van der Waals surface area contributed by atoms with E-state index in [0.717, 1.165) is 17.7 Å². The molecule has 0 N–H and O–H groups in total. The Morgan fingerprint density at radius 3 is 2.58 bits per heavy atom. The van der Waals surface area contributed by atoms with Gasteiger partial charge in [0.1, 0.15) is 0 Å². The van der Waals surface area contributed by atoms with E-state index in [-0.39, 0.29) is 0 Å². The van der Waals surface area contributed by atoms with E-state index in [1.54, 1.807) is 0 Å². The molecule has 1 aliphatic carbocycles. The standard InChI is InChI=1S/C18H23Br/c1-3-5-6-15-11-16(4-2)18(12-15)17-9-7-14(13-19)8-10-17/h4-10,15-16,18H,2-3,11-13H2,1H3/b6-5+/t15?,16-,18?/m1/s1. The molecule has 2 unspecified atom stereocenters. The molecule has 1 aromatic rings. The van der Waals surface area contributed by atoms with Crippen molar-refractivity contribution in [3.63, 3.8) is 0 Å². The maximum Gasteiger partial charge on any atom is 0.0283 e. The summed E-state index contributed by atoms with van der Waals surface area (Å²) in [5, 5.41) is 0.935. The molecular weight excluding hydrogens is 296 g/mol. The van der Waals surface area contributed by atoms with Crippen LogP contribution in [0.4, 0.5) is 0 Å². The fourth-order valence-electron chi connectivity index (χ4n) is 3.09. The first kappa shape index (κ1) is 14.6. The summed E-state index contributed by atoms with van der Waals surface area (Å²) in [4.78, 5) is 0. The molecule has 2 rings (SSSR count). The molecule has 1 aliphatic rings. The van der Waals surface area contributed by atoms with E-state index in [0.29, 0.717) is 11.8 Å². The highest BCUT2D eigenvalue weighted by Gasteiger charge is 2.31. The third-order valence-electron chi connectivity index (χ3n) is 4.16. The lowest BCUT2D eigenvalue weighted by molar-refractivity contribution is 0.591. The minimum atomic E-state index is 0.626. The Hall–Kier alpha value is -0.820. The lowest BCUT2D eigenvalue weighted by Crippen LogP contribution is -2.02. The second kappa shape index (κ2) is 7.09. The van der Waals surface area contributed by atoms with Crippen molar-refractivity contribution in [2.45, 2.75) is 37.4 Å². The summed E-state index contributed by atoms with van der Waals surface area (Å²) in [7, 11) is 0. The molecule has 0 nitrogen and oxygen atoms in total. The first-order chi connectivity index (χ1) is 9.28. The zero-order chi connectivity index (χ0) is 13.7. The van der Waals surface area contributed by atoms with Crippen molar-refractivity contribution in [1.29, 1.82) is 0 Å². The van der Waals surface area contributed by atoms with Crippen LogP contribution < -0.4 is 0 Å². The average molecular weight is 319 g/mol. The van der Waals surface area contributed by atoms with E-state index in [4.69, 9.17) is 0 Å². The van der Waals surface area contributed by atoms with Crippen LogP contribution in [-0.2, 0) is 5.33 Å². The maximum atomic E-state index is 4.04. The molecular formula is C18H23Br. The summed E-state index contributed by atoms with van der Waals surface area (Å²) in [6.07, 6.45) is 10.5. The second-order valence-corrected chi connectivity index (χ2v) is 6.01. The summed E-state index contributed by atoms with van der Waals surface area (Å²) in [6, 6.07) is 9.06. The van der Waals surface area contributed by atoms with Crippen molar-refractivity contribution in [2.24, 2.45) is 11.8 Å². The van der Waals surface area contributed by atoms with E-state index in [1.807, 2.05) is 0 Å². The highest BCUT2D eigenvalue weighted by molar-refractivity contribution is 9.08. The summed E-state index contributed by atoms with van der Waals surface area (Å²) in [5.74, 6) is 2.00. The molecule has 0 heterocycles. The van der Waals surface area contributed by atoms with Crippen molar-refractivity contribution in [3.8, 4) is 0 Å². The van der Waals surface area contributed by atoms with Crippen molar-refractivity contribution in [2.75, 3.05) is 0 Å². The molecule has 0 saturated heterocycles. The van der Waals surface area contributed by atoms with E-state index in [9.17, 15) is 0 Å². The van der Waals surface area contributed by atoms with Gasteiger partial charge in [0.05, 0.1) is 0 Å². The number of halogens is 1. The van der Waals surface area contributed by atoms with Gasteiger partial charge < -0.3 is 0 Å². The Morgan fingerprint density at radius 1 is 1.26 bits per heavy atom.